The minimum atomic E-state index is 0.359. The highest BCUT2D eigenvalue weighted by molar-refractivity contribution is 7.10. The van der Waals surface area contributed by atoms with E-state index in [1.54, 1.807) is 0 Å². The first-order valence-electron chi connectivity index (χ1n) is 5.24. The normalized spacial score (nSPS) is 30.1. The highest BCUT2D eigenvalue weighted by atomic mass is 32.1. The lowest BCUT2D eigenvalue weighted by molar-refractivity contribution is -0.0850. The van der Waals surface area contributed by atoms with E-state index in [0.717, 1.165) is 19.1 Å². The van der Waals surface area contributed by atoms with Crippen molar-refractivity contribution in [3.63, 3.8) is 0 Å². The van der Waals surface area contributed by atoms with Gasteiger partial charge in [-0.15, -0.1) is 11.3 Å². The number of hydrogen-bond acceptors (Lipinski definition) is 3. The number of ether oxygens (including phenoxy) is 1. The number of nitrogens with one attached hydrogen (secondary N) is 1. The van der Waals surface area contributed by atoms with Crippen LogP contribution in [0.4, 0.5) is 0 Å². The largest absolute Gasteiger partial charge is 0.379 e. The molecule has 3 rings (SSSR count). The van der Waals surface area contributed by atoms with Crippen molar-refractivity contribution in [1.82, 2.24) is 5.32 Å². The Bertz CT molecular complexity index is 299. The van der Waals surface area contributed by atoms with Crippen molar-refractivity contribution in [1.29, 1.82) is 0 Å². The molecule has 3 heterocycles. The Morgan fingerprint density at radius 2 is 2.43 bits per heavy atom. The minimum Gasteiger partial charge on any atom is -0.379 e. The van der Waals surface area contributed by atoms with Crippen molar-refractivity contribution in [2.75, 3.05) is 26.3 Å². The summed E-state index contributed by atoms with van der Waals surface area (Å²) in [6, 6.07) is 4.42. The summed E-state index contributed by atoms with van der Waals surface area (Å²) in [5.74, 6) is 0.787. The van der Waals surface area contributed by atoms with E-state index in [0.29, 0.717) is 5.41 Å². The van der Waals surface area contributed by atoms with Crippen LogP contribution in [0, 0.1) is 5.92 Å². The van der Waals surface area contributed by atoms with Gasteiger partial charge in [0.2, 0.25) is 0 Å². The highest BCUT2D eigenvalue weighted by Crippen LogP contribution is 2.43. The average Bonchev–Trinajstić information content (AvgIpc) is 2.71. The summed E-state index contributed by atoms with van der Waals surface area (Å²) < 4.78 is 5.45. The summed E-state index contributed by atoms with van der Waals surface area (Å²) in [4.78, 5) is 1.53. The Hall–Kier alpha value is -0.380. The maximum atomic E-state index is 5.45. The zero-order valence-electron chi connectivity index (χ0n) is 8.16. The average molecular weight is 209 g/mol. The van der Waals surface area contributed by atoms with Crippen molar-refractivity contribution >= 4 is 11.3 Å². The van der Waals surface area contributed by atoms with Crippen LogP contribution in [0.25, 0.3) is 0 Å². The Balaban J connectivity index is 1.90. The zero-order valence-corrected chi connectivity index (χ0v) is 8.98. The second-order valence-corrected chi connectivity index (χ2v) is 5.26. The standard InChI is InChI=1S/C11H15NOS/c1-2-10(14-5-1)11(7-13-8-11)9-3-4-12-6-9/h1-2,5,9,12H,3-4,6-8H2. The Morgan fingerprint density at radius 1 is 1.50 bits per heavy atom. The molecule has 1 unspecified atom stereocenters. The molecule has 0 amide bonds. The molecule has 14 heavy (non-hydrogen) atoms. The molecule has 2 aliphatic heterocycles. The lowest BCUT2D eigenvalue weighted by Gasteiger charge is -2.45. The highest BCUT2D eigenvalue weighted by Gasteiger charge is 2.48. The molecule has 2 nitrogen and oxygen atoms in total. The maximum absolute atomic E-state index is 5.45. The molecule has 2 aliphatic rings. The van der Waals surface area contributed by atoms with Crippen LogP contribution in [0.1, 0.15) is 11.3 Å². The van der Waals surface area contributed by atoms with Crippen LogP contribution in [-0.4, -0.2) is 26.3 Å². The van der Waals surface area contributed by atoms with E-state index in [1.165, 1.54) is 24.4 Å². The predicted molar refractivity (Wildman–Crippen MR) is 57.8 cm³/mol. The van der Waals surface area contributed by atoms with Crippen LogP contribution >= 0.6 is 11.3 Å². The third-order valence-electron chi connectivity index (χ3n) is 3.57. The van der Waals surface area contributed by atoms with Crippen LogP contribution in [0.3, 0.4) is 0 Å². The molecule has 1 atom stereocenters. The van der Waals surface area contributed by atoms with Crippen molar-refractivity contribution in [3.8, 4) is 0 Å². The van der Waals surface area contributed by atoms with Gasteiger partial charge in [0.05, 0.1) is 18.6 Å². The van der Waals surface area contributed by atoms with Crippen LogP contribution < -0.4 is 5.32 Å². The molecule has 0 radical (unpaired) electrons. The summed E-state index contributed by atoms with van der Waals surface area (Å²) in [5.41, 5.74) is 0.359. The van der Waals surface area contributed by atoms with Gasteiger partial charge in [0, 0.05) is 4.88 Å². The van der Waals surface area contributed by atoms with Gasteiger partial charge in [0.1, 0.15) is 0 Å². The summed E-state index contributed by atoms with van der Waals surface area (Å²) >= 11 is 1.88. The minimum absolute atomic E-state index is 0.359. The lowest BCUT2D eigenvalue weighted by Crippen LogP contribution is -2.52. The third kappa shape index (κ3) is 1.16. The molecule has 1 aromatic heterocycles. The summed E-state index contributed by atoms with van der Waals surface area (Å²) in [6.45, 7) is 4.21. The summed E-state index contributed by atoms with van der Waals surface area (Å²) in [6.07, 6.45) is 1.31. The monoisotopic (exact) mass is 209 g/mol. The van der Waals surface area contributed by atoms with E-state index >= 15 is 0 Å². The second kappa shape index (κ2) is 3.33. The van der Waals surface area contributed by atoms with Crippen molar-refractivity contribution in [2.24, 2.45) is 5.92 Å². The second-order valence-electron chi connectivity index (χ2n) is 4.32. The van der Waals surface area contributed by atoms with E-state index in [4.69, 9.17) is 4.74 Å². The van der Waals surface area contributed by atoms with Gasteiger partial charge in [-0.2, -0.15) is 0 Å². The molecule has 2 fully saturated rings. The van der Waals surface area contributed by atoms with Crippen molar-refractivity contribution < 1.29 is 4.74 Å². The van der Waals surface area contributed by atoms with E-state index in [-0.39, 0.29) is 0 Å². The smallest absolute Gasteiger partial charge is 0.0596 e. The molecule has 2 saturated heterocycles. The molecule has 0 aromatic carbocycles. The van der Waals surface area contributed by atoms with Gasteiger partial charge in [0.25, 0.3) is 0 Å². The Morgan fingerprint density at radius 3 is 2.93 bits per heavy atom. The fourth-order valence-corrected chi connectivity index (χ4v) is 3.57. The fourth-order valence-electron chi connectivity index (χ4n) is 2.59. The van der Waals surface area contributed by atoms with E-state index in [9.17, 15) is 0 Å². The molecule has 1 N–H and O–H groups in total. The van der Waals surface area contributed by atoms with Crippen LogP contribution in [0.5, 0.6) is 0 Å². The lowest BCUT2D eigenvalue weighted by atomic mass is 9.72. The molecular weight excluding hydrogens is 194 g/mol. The molecule has 0 saturated carbocycles. The SMILES string of the molecule is c1csc(C2(C3CCNC3)COC2)c1. The van der Waals surface area contributed by atoms with E-state index in [1.807, 2.05) is 11.3 Å². The van der Waals surface area contributed by atoms with Gasteiger partial charge in [0.15, 0.2) is 0 Å². The number of hydrogen-bond donors (Lipinski definition) is 1. The molecule has 3 heteroatoms. The summed E-state index contributed by atoms with van der Waals surface area (Å²) in [7, 11) is 0. The zero-order chi connectivity index (χ0) is 9.43. The first-order chi connectivity index (χ1) is 6.92. The fraction of sp³-hybridized carbons (Fsp3) is 0.636. The van der Waals surface area contributed by atoms with Gasteiger partial charge in [-0.1, -0.05) is 6.07 Å². The van der Waals surface area contributed by atoms with Crippen molar-refractivity contribution in [2.45, 2.75) is 11.8 Å². The van der Waals surface area contributed by atoms with Gasteiger partial charge >= 0.3 is 0 Å². The third-order valence-corrected chi connectivity index (χ3v) is 4.66. The molecule has 76 valence electrons. The first kappa shape index (κ1) is 8.89. The molecule has 1 aromatic rings. The summed E-state index contributed by atoms with van der Waals surface area (Å²) in [5, 5.41) is 5.64. The van der Waals surface area contributed by atoms with Gasteiger partial charge in [-0.05, 0) is 36.9 Å². The van der Waals surface area contributed by atoms with Gasteiger partial charge in [-0.3, -0.25) is 0 Å². The van der Waals surface area contributed by atoms with Gasteiger partial charge in [-0.25, -0.2) is 0 Å². The topological polar surface area (TPSA) is 21.3 Å². The van der Waals surface area contributed by atoms with Crippen LogP contribution in [0.15, 0.2) is 17.5 Å². The predicted octanol–water partition coefficient (Wildman–Crippen LogP) is 1.63. The van der Waals surface area contributed by atoms with Crippen LogP contribution in [0.2, 0.25) is 0 Å². The molecule has 0 aliphatic carbocycles. The Labute approximate surface area is 88.3 Å². The molecular formula is C11H15NOS. The van der Waals surface area contributed by atoms with Crippen molar-refractivity contribution in [3.05, 3.63) is 22.4 Å². The van der Waals surface area contributed by atoms with E-state index < -0.39 is 0 Å². The molecule has 0 bridgehead atoms. The number of rotatable bonds is 2. The quantitative estimate of drug-likeness (QED) is 0.799. The Kier molecular flexibility index (Phi) is 2.11. The molecule has 0 spiro atoms. The van der Waals surface area contributed by atoms with Crippen LogP contribution in [-0.2, 0) is 10.2 Å². The number of thiophene rings is 1. The van der Waals surface area contributed by atoms with Gasteiger partial charge < -0.3 is 10.1 Å². The maximum Gasteiger partial charge on any atom is 0.0596 e. The van der Waals surface area contributed by atoms with E-state index in [2.05, 4.69) is 22.8 Å². The first-order valence-corrected chi connectivity index (χ1v) is 6.12.